The van der Waals surface area contributed by atoms with E-state index in [1.807, 2.05) is 37.1 Å². The van der Waals surface area contributed by atoms with Crippen molar-refractivity contribution >= 4 is 29.0 Å². The monoisotopic (exact) mass is 358 g/mol. The molecule has 1 unspecified atom stereocenters. The zero-order valence-electron chi connectivity index (χ0n) is 14.2. The van der Waals surface area contributed by atoms with Crippen LogP contribution in [0.5, 0.6) is 0 Å². The Morgan fingerprint density at radius 2 is 2.30 bits per heavy atom. The van der Waals surface area contributed by atoms with Crippen molar-refractivity contribution in [2.45, 2.75) is 52.2 Å². The van der Waals surface area contributed by atoms with Crippen molar-refractivity contribution in [3.8, 4) is 0 Å². The normalized spacial score (nSPS) is 19.0. The van der Waals surface area contributed by atoms with Crippen LogP contribution in [0.3, 0.4) is 0 Å². The van der Waals surface area contributed by atoms with Gasteiger partial charge in [-0.25, -0.2) is 4.79 Å². The molecule has 0 radical (unpaired) electrons. The summed E-state index contributed by atoms with van der Waals surface area (Å²) in [4.78, 5) is 15.3. The lowest BCUT2D eigenvalue weighted by molar-refractivity contribution is 0.0162. The van der Waals surface area contributed by atoms with Crippen LogP contribution in [-0.2, 0) is 11.3 Å². The van der Waals surface area contributed by atoms with Gasteiger partial charge in [0, 0.05) is 29.9 Å². The van der Waals surface area contributed by atoms with Crippen LogP contribution in [0, 0.1) is 5.92 Å². The van der Waals surface area contributed by atoms with Crippen LogP contribution in [0.1, 0.15) is 44.9 Å². The van der Waals surface area contributed by atoms with E-state index in [1.54, 1.807) is 11.3 Å². The third-order valence-corrected chi connectivity index (χ3v) is 5.11. The van der Waals surface area contributed by atoms with Crippen LogP contribution in [0.4, 0.5) is 4.79 Å². The molecule has 6 heteroatoms. The van der Waals surface area contributed by atoms with Crippen molar-refractivity contribution in [3.05, 3.63) is 21.3 Å². The molecule has 0 aromatic carbocycles. The molecule has 0 bridgehead atoms. The number of rotatable bonds is 5. The lowest BCUT2D eigenvalue weighted by Crippen LogP contribution is -2.43. The van der Waals surface area contributed by atoms with Crippen LogP contribution < -0.4 is 5.32 Å². The average Bonchev–Trinajstić information content (AvgIpc) is 2.88. The van der Waals surface area contributed by atoms with Crippen molar-refractivity contribution in [2.75, 3.05) is 19.6 Å². The van der Waals surface area contributed by atoms with E-state index < -0.39 is 5.60 Å². The van der Waals surface area contributed by atoms with E-state index in [0.29, 0.717) is 5.92 Å². The van der Waals surface area contributed by atoms with Crippen molar-refractivity contribution in [1.82, 2.24) is 10.2 Å². The summed E-state index contributed by atoms with van der Waals surface area (Å²) in [7, 11) is 0. The molecule has 4 nitrogen and oxygen atoms in total. The third-order valence-electron chi connectivity index (χ3n) is 3.82. The first-order valence-electron chi connectivity index (χ1n) is 8.25. The molecule has 0 aliphatic carbocycles. The minimum atomic E-state index is -0.423. The number of nitrogens with one attached hydrogen (secondary N) is 1. The van der Waals surface area contributed by atoms with Crippen LogP contribution >= 0.6 is 22.9 Å². The van der Waals surface area contributed by atoms with Crippen LogP contribution in [0.2, 0.25) is 5.02 Å². The maximum Gasteiger partial charge on any atom is 0.410 e. The number of ether oxygens (including phenoxy) is 1. The topological polar surface area (TPSA) is 41.6 Å². The van der Waals surface area contributed by atoms with E-state index in [1.165, 1.54) is 11.3 Å². The molecule has 1 aliphatic rings. The summed E-state index contributed by atoms with van der Waals surface area (Å²) in [6, 6.07) is 2.00. The number of carbonyl (C=O) groups is 1. The molecular weight excluding hydrogens is 332 g/mol. The van der Waals surface area contributed by atoms with E-state index in [4.69, 9.17) is 16.3 Å². The summed E-state index contributed by atoms with van der Waals surface area (Å²) in [5.74, 6) is 0.552. The van der Waals surface area contributed by atoms with Crippen LogP contribution in [-0.4, -0.2) is 36.2 Å². The highest BCUT2D eigenvalue weighted by atomic mass is 35.5. The zero-order valence-corrected chi connectivity index (χ0v) is 15.8. The number of carbonyl (C=O) groups excluding carboxylic acids is 1. The minimum absolute atomic E-state index is 0.177. The second-order valence-electron chi connectivity index (χ2n) is 7.13. The highest BCUT2D eigenvalue weighted by Gasteiger charge is 2.27. The summed E-state index contributed by atoms with van der Waals surface area (Å²) in [5, 5.41) is 6.23. The molecule has 130 valence electrons. The Hall–Kier alpha value is -0.780. The molecule has 0 spiro atoms. The predicted molar refractivity (Wildman–Crippen MR) is 96.2 cm³/mol. The third kappa shape index (κ3) is 6.69. The molecule has 1 fully saturated rings. The molecule has 1 saturated heterocycles. The van der Waals surface area contributed by atoms with Gasteiger partial charge >= 0.3 is 6.09 Å². The van der Waals surface area contributed by atoms with Crippen LogP contribution in [0.15, 0.2) is 11.4 Å². The van der Waals surface area contributed by atoms with Gasteiger partial charge in [0.25, 0.3) is 0 Å². The molecule has 0 saturated carbocycles. The van der Waals surface area contributed by atoms with Gasteiger partial charge in [0.15, 0.2) is 0 Å². The second kappa shape index (κ2) is 8.36. The zero-order chi connectivity index (χ0) is 16.9. The maximum atomic E-state index is 12.2. The number of nitrogens with zero attached hydrogens (tertiary/aromatic N) is 1. The lowest BCUT2D eigenvalue weighted by Gasteiger charge is -2.34. The Morgan fingerprint density at radius 3 is 2.96 bits per heavy atom. The Balaban J connectivity index is 1.68. The first-order valence-corrected chi connectivity index (χ1v) is 9.51. The largest absolute Gasteiger partial charge is 0.444 e. The van der Waals surface area contributed by atoms with Gasteiger partial charge in [-0.3, -0.25) is 0 Å². The second-order valence-corrected chi connectivity index (χ2v) is 8.56. The highest BCUT2D eigenvalue weighted by Crippen LogP contribution is 2.22. The number of halogens is 1. The predicted octanol–water partition coefficient (Wildman–Crippen LogP) is 4.53. The molecular formula is C17H27ClN2O2S. The lowest BCUT2D eigenvalue weighted by atomic mass is 9.95. The number of thiophene rings is 1. The molecule has 2 heterocycles. The summed E-state index contributed by atoms with van der Waals surface area (Å²) in [6.07, 6.45) is 3.15. The van der Waals surface area contributed by atoms with Gasteiger partial charge in [0.05, 0.1) is 5.02 Å². The molecule has 1 aromatic heterocycles. The van der Waals surface area contributed by atoms with Crippen molar-refractivity contribution in [2.24, 2.45) is 5.92 Å². The fourth-order valence-corrected chi connectivity index (χ4v) is 3.80. The van der Waals surface area contributed by atoms with E-state index in [0.717, 1.165) is 44.0 Å². The maximum absolute atomic E-state index is 12.2. The number of hydrogen-bond acceptors (Lipinski definition) is 4. The highest BCUT2D eigenvalue weighted by molar-refractivity contribution is 7.10. The smallest absolute Gasteiger partial charge is 0.410 e. The summed E-state index contributed by atoms with van der Waals surface area (Å²) < 4.78 is 5.47. The van der Waals surface area contributed by atoms with Gasteiger partial charge in [-0.1, -0.05) is 11.6 Å². The Bertz CT molecular complexity index is 513. The first-order chi connectivity index (χ1) is 10.8. The summed E-state index contributed by atoms with van der Waals surface area (Å²) in [6.45, 7) is 9.17. The van der Waals surface area contributed by atoms with Gasteiger partial charge in [0.1, 0.15) is 5.60 Å². The fraction of sp³-hybridized carbons (Fsp3) is 0.706. The van der Waals surface area contributed by atoms with Crippen molar-refractivity contribution < 1.29 is 9.53 Å². The van der Waals surface area contributed by atoms with Gasteiger partial charge < -0.3 is 15.0 Å². The van der Waals surface area contributed by atoms with E-state index in [-0.39, 0.29) is 6.09 Å². The quantitative estimate of drug-likeness (QED) is 0.786. The Labute approximate surface area is 148 Å². The number of piperidine rings is 1. The van der Waals surface area contributed by atoms with Crippen molar-refractivity contribution in [1.29, 1.82) is 0 Å². The number of amides is 1. The SMILES string of the molecule is CC(C)(C)OC(=O)N1CCCC(CCNCc2cc(Cl)cs2)C1. The van der Waals surface area contributed by atoms with E-state index in [9.17, 15) is 4.79 Å². The Morgan fingerprint density at radius 1 is 1.52 bits per heavy atom. The molecule has 1 N–H and O–H groups in total. The van der Waals surface area contributed by atoms with Crippen molar-refractivity contribution in [3.63, 3.8) is 0 Å². The standard InChI is InChI=1S/C17H27ClN2O2S/c1-17(2,3)22-16(21)20-8-4-5-13(11-20)6-7-19-10-15-9-14(18)12-23-15/h9,12-13,19H,4-8,10-11H2,1-3H3. The van der Waals surface area contributed by atoms with E-state index in [2.05, 4.69) is 5.32 Å². The number of hydrogen-bond donors (Lipinski definition) is 1. The summed E-state index contributed by atoms with van der Waals surface area (Å²) >= 11 is 7.60. The molecule has 1 aromatic rings. The fourth-order valence-electron chi connectivity index (χ4n) is 2.76. The van der Waals surface area contributed by atoms with Gasteiger partial charge in [-0.05, 0) is 58.6 Å². The first kappa shape index (κ1) is 18.6. The molecule has 23 heavy (non-hydrogen) atoms. The molecule has 2 rings (SSSR count). The minimum Gasteiger partial charge on any atom is -0.444 e. The summed E-state index contributed by atoms with van der Waals surface area (Å²) in [5.41, 5.74) is -0.423. The van der Waals surface area contributed by atoms with Crippen LogP contribution in [0.25, 0.3) is 0 Å². The van der Waals surface area contributed by atoms with Gasteiger partial charge in [-0.2, -0.15) is 0 Å². The number of likely N-dealkylation sites (tertiary alicyclic amines) is 1. The molecule has 1 amide bonds. The van der Waals surface area contributed by atoms with Gasteiger partial charge in [-0.15, -0.1) is 11.3 Å². The average molecular weight is 359 g/mol. The van der Waals surface area contributed by atoms with Gasteiger partial charge in [0.2, 0.25) is 0 Å². The molecule has 1 aliphatic heterocycles. The molecule has 1 atom stereocenters. The van der Waals surface area contributed by atoms with E-state index >= 15 is 0 Å². The Kier molecular flexibility index (Phi) is 6.74.